The van der Waals surface area contributed by atoms with E-state index in [1.807, 2.05) is 0 Å². The molecule has 6 aliphatic rings. The van der Waals surface area contributed by atoms with Gasteiger partial charge in [-0.3, -0.25) is 9.80 Å². The molecule has 0 spiro atoms. The van der Waals surface area contributed by atoms with Crippen molar-refractivity contribution >= 4 is 40.6 Å². The zero-order valence-corrected chi connectivity index (χ0v) is 43.6. The van der Waals surface area contributed by atoms with Gasteiger partial charge in [0.1, 0.15) is 11.6 Å². The van der Waals surface area contributed by atoms with Crippen molar-refractivity contribution in [3.63, 3.8) is 0 Å². The first-order valence-electron chi connectivity index (χ1n) is 25.7. The van der Waals surface area contributed by atoms with Gasteiger partial charge in [0.15, 0.2) is 23.3 Å². The monoisotopic (exact) mass is 1070 g/mol. The van der Waals surface area contributed by atoms with Crippen molar-refractivity contribution in [2.75, 3.05) is 34.8 Å². The van der Waals surface area contributed by atoms with Crippen LogP contribution in [0.5, 0.6) is 0 Å². The number of anilines is 5. The Labute approximate surface area is 442 Å². The summed E-state index contributed by atoms with van der Waals surface area (Å²) >= 11 is 5.72. The van der Waals surface area contributed by atoms with Crippen molar-refractivity contribution in [1.82, 2.24) is 69.3 Å². The van der Waals surface area contributed by atoms with Crippen LogP contribution in [0.1, 0.15) is 135 Å². The van der Waals surface area contributed by atoms with Crippen LogP contribution in [-0.2, 0) is 14.1 Å². The van der Waals surface area contributed by atoms with Crippen LogP contribution >= 0.6 is 11.6 Å². The van der Waals surface area contributed by atoms with E-state index in [1.165, 1.54) is 51.2 Å². The zero-order chi connectivity index (χ0) is 53.1. The average Bonchev–Trinajstić information content (AvgIpc) is 4.31. The number of fused-ring (bicyclic) bond motifs is 2. The number of hydrogen-bond donors (Lipinski definition) is 4. The minimum atomic E-state index is -0.559. The molecule has 5 N–H and O–H groups in total. The fourth-order valence-corrected chi connectivity index (χ4v) is 11.5. The SMILES string of the molecule is C.CC1(C)CCC2CC(Nc3nc(Cl)ncc3F)CCN21.Cn1nnn(-c2cc(N)c(F)cc2C2CC2)c1=O.Cn1nnn(-c2cc(Nc3ncc(F)c(NC4CCN5C(CCC5(C)C)C4)n3)c(F)cc2C2CC2)c1=O. The number of piperidine rings is 2. The molecule has 4 unspecified atom stereocenters. The summed E-state index contributed by atoms with van der Waals surface area (Å²) in [5.74, 6) is -1.15. The number of nitrogen functional groups attached to an aromatic ring is 1. The molecule has 4 atom stereocenters. The highest BCUT2D eigenvalue weighted by atomic mass is 35.5. The number of nitrogens with one attached hydrogen (secondary N) is 3. The van der Waals surface area contributed by atoms with E-state index in [0.717, 1.165) is 114 Å². The maximum absolute atomic E-state index is 15.1. The molecule has 6 fully saturated rings. The lowest BCUT2D eigenvalue weighted by atomic mass is 9.97. The molecule has 2 aliphatic carbocycles. The molecule has 0 amide bonds. The number of halogens is 5. The number of aromatic nitrogens is 12. The first-order chi connectivity index (χ1) is 35.7. The second kappa shape index (κ2) is 21.5. The maximum atomic E-state index is 15.1. The average molecular weight is 1080 g/mol. The van der Waals surface area contributed by atoms with Gasteiger partial charge < -0.3 is 21.7 Å². The van der Waals surface area contributed by atoms with Gasteiger partial charge in [0.2, 0.25) is 11.2 Å². The van der Waals surface area contributed by atoms with E-state index in [-0.39, 0.29) is 76.8 Å². The zero-order valence-electron chi connectivity index (χ0n) is 42.9. The van der Waals surface area contributed by atoms with Gasteiger partial charge in [-0.15, -0.1) is 0 Å². The summed E-state index contributed by atoms with van der Waals surface area (Å²) in [5, 5.41) is 24.5. The van der Waals surface area contributed by atoms with Crippen molar-refractivity contribution in [2.24, 2.45) is 14.1 Å². The third-order valence-electron chi connectivity index (χ3n) is 15.7. The van der Waals surface area contributed by atoms with Gasteiger partial charge >= 0.3 is 11.4 Å². The van der Waals surface area contributed by atoms with Crippen LogP contribution in [0.25, 0.3) is 11.4 Å². The Morgan fingerprint density at radius 3 is 1.58 bits per heavy atom. The molecule has 4 aliphatic heterocycles. The lowest BCUT2D eigenvalue weighted by Crippen LogP contribution is -2.50. The molecular weight excluding hydrogens is 1010 g/mol. The fraction of sp³-hybridized carbons (Fsp3) is 0.569. The molecule has 20 nitrogen and oxygen atoms in total. The molecule has 12 rings (SSSR count). The van der Waals surface area contributed by atoms with Gasteiger partial charge in [0.05, 0.1) is 35.1 Å². The Hall–Kier alpha value is -6.53. The summed E-state index contributed by atoms with van der Waals surface area (Å²) in [7, 11) is 3.01. The Morgan fingerprint density at radius 2 is 1.09 bits per heavy atom. The van der Waals surface area contributed by atoms with E-state index in [2.05, 4.69) is 94.2 Å². The molecule has 4 aromatic heterocycles. The normalized spacial score (nSPS) is 22.5. The van der Waals surface area contributed by atoms with E-state index in [9.17, 15) is 22.8 Å². The minimum Gasteiger partial charge on any atom is -0.396 e. The van der Waals surface area contributed by atoms with Gasteiger partial charge in [-0.2, -0.15) is 28.7 Å². The summed E-state index contributed by atoms with van der Waals surface area (Å²) in [4.78, 5) is 45.4. The molecule has 6 aromatic rings. The molecule has 0 bridgehead atoms. The first-order valence-corrected chi connectivity index (χ1v) is 26.1. The van der Waals surface area contributed by atoms with Gasteiger partial charge in [0, 0.05) is 62.4 Å². The number of aryl methyl sites for hydroxylation is 2. The van der Waals surface area contributed by atoms with Gasteiger partial charge in [-0.25, -0.2) is 37.1 Å². The van der Waals surface area contributed by atoms with Crippen LogP contribution in [0.2, 0.25) is 5.28 Å². The van der Waals surface area contributed by atoms with E-state index in [1.54, 1.807) is 0 Å². The summed E-state index contributed by atoms with van der Waals surface area (Å²) < 4.78 is 61.5. The second-order valence-corrected chi connectivity index (χ2v) is 22.3. The lowest BCUT2D eigenvalue weighted by Gasteiger charge is -2.42. The summed E-state index contributed by atoms with van der Waals surface area (Å²) in [6.07, 6.45) is 14.6. The Bertz CT molecular complexity index is 3210. The highest BCUT2D eigenvalue weighted by Crippen LogP contribution is 2.45. The third-order valence-corrected chi connectivity index (χ3v) is 15.9. The highest BCUT2D eigenvalue weighted by molar-refractivity contribution is 6.28. The largest absolute Gasteiger partial charge is 0.396 e. The topological polar surface area (TPSA) is 226 Å². The van der Waals surface area contributed by atoms with Crippen molar-refractivity contribution in [2.45, 2.75) is 159 Å². The molecule has 4 saturated heterocycles. The Kier molecular flexibility index (Phi) is 15.3. The van der Waals surface area contributed by atoms with Crippen LogP contribution < -0.4 is 33.1 Å². The van der Waals surface area contributed by atoms with Crippen molar-refractivity contribution in [1.29, 1.82) is 0 Å². The van der Waals surface area contributed by atoms with Crippen molar-refractivity contribution in [3.05, 3.63) is 97.3 Å². The molecule has 2 aromatic carbocycles. The lowest BCUT2D eigenvalue weighted by molar-refractivity contribution is 0.0918. The number of nitrogens with zero attached hydrogens (tertiary/aromatic N) is 14. The fourth-order valence-electron chi connectivity index (χ4n) is 11.3. The van der Waals surface area contributed by atoms with Crippen LogP contribution in [-0.4, -0.2) is 118 Å². The number of benzene rings is 2. The molecule has 408 valence electrons. The quantitative estimate of drug-likeness (QED) is 0.0584. The number of nitrogens with two attached hydrogens (primary N) is 1. The molecule has 25 heteroatoms. The molecule has 0 radical (unpaired) electrons. The summed E-state index contributed by atoms with van der Waals surface area (Å²) in [5.41, 5.74) is 7.79. The van der Waals surface area contributed by atoms with E-state index in [0.29, 0.717) is 34.6 Å². The van der Waals surface area contributed by atoms with Gasteiger partial charge in [-0.1, -0.05) is 7.43 Å². The van der Waals surface area contributed by atoms with Crippen LogP contribution in [0.15, 0.2) is 46.2 Å². The Morgan fingerprint density at radius 1 is 0.618 bits per heavy atom. The maximum Gasteiger partial charge on any atom is 0.368 e. The minimum absolute atomic E-state index is 0. The summed E-state index contributed by atoms with van der Waals surface area (Å²) in [6.45, 7) is 11.2. The number of rotatable bonds is 10. The van der Waals surface area contributed by atoms with E-state index in [4.69, 9.17) is 17.3 Å². The standard InChI is InChI=1S/C25H31F2N9O.C14H20ClFN4.C11H12FN5O.CH4/c1-25(2)8-6-16-10-15(7-9-35(16)25)29-22-19(27)13-28-23(31-22)30-20-12-21(36-24(37)34(3)32-33-36)17(11-18(20)26)14-4-5-14;1-14(2)5-3-10-7-9(4-6-20(10)14)18-12-11(16)8-17-13(15)19-12;1-16-11(18)17(15-14-16)10-5-9(13)8(12)4-7(10)6-2-3-6;/h11-16H,4-10H2,1-3H3,(H2,28,29,30,31);8-10H,3-7H2,1-2H3,(H,17,18,19);4-6H,2-3,13H2,1H3;1H4. The summed E-state index contributed by atoms with van der Waals surface area (Å²) in [6, 6.07) is 7.18. The third kappa shape index (κ3) is 11.4. The van der Waals surface area contributed by atoms with Crippen LogP contribution in [0, 0.1) is 23.3 Å². The second-order valence-electron chi connectivity index (χ2n) is 21.9. The predicted octanol–water partition coefficient (Wildman–Crippen LogP) is 7.76. The molecule has 76 heavy (non-hydrogen) atoms. The predicted molar refractivity (Wildman–Crippen MR) is 281 cm³/mol. The van der Waals surface area contributed by atoms with Gasteiger partial charge in [-0.05, 0) is 184 Å². The molecule has 8 heterocycles. The van der Waals surface area contributed by atoms with Crippen molar-refractivity contribution in [3.8, 4) is 11.4 Å². The van der Waals surface area contributed by atoms with Crippen LogP contribution in [0.4, 0.5) is 46.5 Å². The van der Waals surface area contributed by atoms with Crippen LogP contribution in [0.3, 0.4) is 0 Å². The highest BCUT2D eigenvalue weighted by Gasteiger charge is 2.44. The van der Waals surface area contributed by atoms with Crippen molar-refractivity contribution < 1.29 is 17.6 Å². The van der Waals surface area contributed by atoms with Gasteiger partial charge in [0.25, 0.3) is 0 Å². The number of tetrazole rings is 2. The number of hydrogen-bond acceptors (Lipinski definition) is 16. The first kappa shape index (κ1) is 54.3. The molecule has 2 saturated carbocycles. The smallest absolute Gasteiger partial charge is 0.368 e. The van der Waals surface area contributed by atoms with E-state index >= 15 is 4.39 Å². The van der Waals surface area contributed by atoms with E-state index < -0.39 is 29.0 Å². The molecular formula is C51H67ClF4N18O2. The Balaban J connectivity index is 0.000000152.